The summed E-state index contributed by atoms with van der Waals surface area (Å²) in [5.41, 5.74) is 4.36. The molecule has 1 aliphatic carbocycles. The van der Waals surface area contributed by atoms with Gasteiger partial charge in [0.25, 0.3) is 5.91 Å². The fourth-order valence-corrected chi connectivity index (χ4v) is 3.53. The molecule has 0 radical (unpaired) electrons. The van der Waals surface area contributed by atoms with E-state index in [4.69, 9.17) is 9.47 Å². The van der Waals surface area contributed by atoms with E-state index >= 15 is 0 Å². The first-order valence-corrected chi connectivity index (χ1v) is 8.86. The minimum absolute atomic E-state index is 0.0379. The van der Waals surface area contributed by atoms with Crippen LogP contribution in [0.15, 0.2) is 48.5 Å². The van der Waals surface area contributed by atoms with Gasteiger partial charge < -0.3 is 14.8 Å². The molecule has 2 aromatic carbocycles. The summed E-state index contributed by atoms with van der Waals surface area (Å²) in [5.74, 6) is 1.17. The average molecular weight is 363 g/mol. The van der Waals surface area contributed by atoms with Crippen molar-refractivity contribution >= 4 is 5.91 Å². The first-order valence-electron chi connectivity index (χ1n) is 8.86. The Hall–Kier alpha value is -3.28. The van der Waals surface area contributed by atoms with Crippen LogP contribution in [0.4, 0.5) is 0 Å². The van der Waals surface area contributed by atoms with Crippen molar-refractivity contribution in [1.29, 1.82) is 0 Å². The van der Waals surface area contributed by atoms with Crippen LogP contribution < -0.4 is 14.8 Å². The van der Waals surface area contributed by atoms with Crippen molar-refractivity contribution in [2.24, 2.45) is 0 Å². The number of H-pyrrole nitrogens is 1. The largest absolute Gasteiger partial charge is 0.497 e. The van der Waals surface area contributed by atoms with Crippen LogP contribution in [0.2, 0.25) is 0 Å². The van der Waals surface area contributed by atoms with Crippen molar-refractivity contribution in [1.82, 2.24) is 15.5 Å². The Balaban J connectivity index is 1.54. The maximum absolute atomic E-state index is 12.7. The van der Waals surface area contributed by atoms with Crippen LogP contribution in [0.3, 0.4) is 0 Å². The van der Waals surface area contributed by atoms with E-state index in [0.29, 0.717) is 22.9 Å². The second kappa shape index (κ2) is 7.15. The van der Waals surface area contributed by atoms with Gasteiger partial charge in [0, 0.05) is 11.6 Å². The smallest absolute Gasteiger partial charge is 0.269 e. The number of carbonyl (C=O) groups excluding carboxylic acids is 1. The number of ether oxygens (including phenoxy) is 2. The molecule has 0 fully saturated rings. The fourth-order valence-electron chi connectivity index (χ4n) is 3.53. The van der Waals surface area contributed by atoms with Crippen molar-refractivity contribution in [2.75, 3.05) is 14.2 Å². The number of benzene rings is 2. The van der Waals surface area contributed by atoms with Crippen LogP contribution in [0.1, 0.15) is 34.1 Å². The number of fused-ring (bicyclic) bond motifs is 1. The second-order valence-corrected chi connectivity index (χ2v) is 6.50. The molecule has 3 aromatic rings. The molecule has 6 heteroatoms. The lowest BCUT2D eigenvalue weighted by Gasteiger charge is -2.13. The molecular weight excluding hydrogens is 342 g/mol. The highest BCUT2D eigenvalue weighted by molar-refractivity contribution is 5.94. The molecule has 0 saturated heterocycles. The van der Waals surface area contributed by atoms with Crippen LogP contribution >= 0.6 is 0 Å². The molecule has 1 aliphatic rings. The number of hydrogen-bond acceptors (Lipinski definition) is 4. The number of hydrogen-bond donors (Lipinski definition) is 2. The van der Waals surface area contributed by atoms with E-state index in [0.717, 1.165) is 18.4 Å². The lowest BCUT2D eigenvalue weighted by Crippen LogP contribution is -2.27. The Morgan fingerprint density at radius 1 is 1.15 bits per heavy atom. The zero-order chi connectivity index (χ0) is 18.8. The Labute approximate surface area is 157 Å². The third-order valence-corrected chi connectivity index (χ3v) is 4.95. The minimum Gasteiger partial charge on any atom is -0.497 e. The van der Waals surface area contributed by atoms with Crippen molar-refractivity contribution < 1.29 is 14.3 Å². The highest BCUT2D eigenvalue weighted by Gasteiger charge is 2.24. The minimum atomic E-state index is -0.164. The highest BCUT2D eigenvalue weighted by atomic mass is 16.5. The van der Waals surface area contributed by atoms with E-state index in [1.807, 2.05) is 24.3 Å². The van der Waals surface area contributed by atoms with Gasteiger partial charge in [-0.05, 0) is 42.2 Å². The molecule has 1 atom stereocenters. The number of aryl methyl sites for hydroxylation is 1. The predicted octanol–water partition coefficient (Wildman–Crippen LogP) is 3.51. The topological polar surface area (TPSA) is 76.2 Å². The van der Waals surface area contributed by atoms with E-state index in [-0.39, 0.29) is 11.9 Å². The number of aromatic nitrogens is 2. The molecule has 0 bridgehead atoms. The van der Waals surface area contributed by atoms with Gasteiger partial charge in [-0.3, -0.25) is 9.89 Å². The fraction of sp³-hybridized carbons (Fsp3) is 0.238. The lowest BCUT2D eigenvalue weighted by molar-refractivity contribution is 0.0931. The molecule has 0 spiro atoms. The summed E-state index contributed by atoms with van der Waals surface area (Å²) >= 11 is 0. The molecule has 1 aromatic heterocycles. The van der Waals surface area contributed by atoms with Crippen molar-refractivity contribution in [2.45, 2.75) is 18.9 Å². The zero-order valence-electron chi connectivity index (χ0n) is 15.3. The van der Waals surface area contributed by atoms with E-state index in [1.165, 1.54) is 11.1 Å². The Bertz CT molecular complexity index is 980. The lowest BCUT2D eigenvalue weighted by atomic mass is 10.1. The first-order chi connectivity index (χ1) is 13.2. The SMILES string of the molecule is COc1ccc(-c2cc(C(=O)N[C@H]3CCc4ccccc43)[nH]n2)c(OC)c1. The molecule has 4 rings (SSSR count). The van der Waals surface area contributed by atoms with Crippen LogP contribution in [0.5, 0.6) is 11.5 Å². The van der Waals surface area contributed by atoms with Gasteiger partial charge >= 0.3 is 0 Å². The number of rotatable bonds is 5. The molecule has 138 valence electrons. The highest BCUT2D eigenvalue weighted by Crippen LogP contribution is 2.33. The van der Waals surface area contributed by atoms with E-state index in [9.17, 15) is 4.79 Å². The van der Waals surface area contributed by atoms with Gasteiger partial charge in [0.2, 0.25) is 0 Å². The Kier molecular flexibility index (Phi) is 4.54. The first kappa shape index (κ1) is 17.1. The van der Waals surface area contributed by atoms with E-state index < -0.39 is 0 Å². The quantitative estimate of drug-likeness (QED) is 0.727. The summed E-state index contributed by atoms with van der Waals surface area (Å²) in [5, 5.41) is 10.2. The maximum Gasteiger partial charge on any atom is 0.269 e. The number of carbonyl (C=O) groups is 1. The van der Waals surface area contributed by atoms with Crippen molar-refractivity contribution in [3.05, 3.63) is 65.4 Å². The summed E-state index contributed by atoms with van der Waals surface area (Å²) < 4.78 is 10.6. The molecule has 2 N–H and O–H groups in total. The summed E-state index contributed by atoms with van der Waals surface area (Å²) in [6.07, 6.45) is 1.90. The molecule has 6 nitrogen and oxygen atoms in total. The second-order valence-electron chi connectivity index (χ2n) is 6.50. The molecule has 1 amide bonds. The number of nitrogens with zero attached hydrogens (tertiary/aromatic N) is 1. The maximum atomic E-state index is 12.7. The average Bonchev–Trinajstić information content (AvgIpc) is 3.35. The summed E-state index contributed by atoms with van der Waals surface area (Å²) in [6, 6.07) is 15.5. The standard InChI is InChI=1S/C21H21N3O3/c1-26-14-8-9-16(20(11-14)27-2)18-12-19(24-23-18)21(25)22-17-10-7-13-5-3-4-6-15(13)17/h3-6,8-9,11-12,17H,7,10H2,1-2H3,(H,22,25)(H,23,24)/t17-/m0/s1. The van der Waals surface area contributed by atoms with Gasteiger partial charge in [0.05, 0.1) is 26.0 Å². The number of aromatic amines is 1. The van der Waals surface area contributed by atoms with E-state index in [2.05, 4.69) is 27.6 Å². The Morgan fingerprint density at radius 2 is 2.00 bits per heavy atom. The van der Waals surface area contributed by atoms with Crippen LogP contribution in [0, 0.1) is 0 Å². The number of nitrogens with one attached hydrogen (secondary N) is 2. The third-order valence-electron chi connectivity index (χ3n) is 4.95. The summed E-state index contributed by atoms with van der Waals surface area (Å²) in [4.78, 5) is 12.7. The van der Waals surface area contributed by atoms with Crippen LogP contribution in [-0.2, 0) is 6.42 Å². The Morgan fingerprint density at radius 3 is 2.81 bits per heavy atom. The molecule has 27 heavy (non-hydrogen) atoms. The van der Waals surface area contributed by atoms with Gasteiger partial charge in [-0.15, -0.1) is 0 Å². The molecule has 0 unspecified atom stereocenters. The van der Waals surface area contributed by atoms with Crippen molar-refractivity contribution in [3.8, 4) is 22.8 Å². The van der Waals surface area contributed by atoms with Gasteiger partial charge in [0.15, 0.2) is 0 Å². The van der Waals surface area contributed by atoms with Gasteiger partial charge in [-0.2, -0.15) is 5.10 Å². The predicted molar refractivity (Wildman–Crippen MR) is 102 cm³/mol. The molecular formula is C21H21N3O3. The number of amides is 1. The van der Waals surface area contributed by atoms with Gasteiger partial charge in [-0.25, -0.2) is 0 Å². The normalized spacial score (nSPS) is 15.3. The van der Waals surface area contributed by atoms with E-state index in [1.54, 1.807) is 26.4 Å². The monoisotopic (exact) mass is 363 g/mol. The summed E-state index contributed by atoms with van der Waals surface area (Å²) in [7, 11) is 3.20. The molecule has 0 aliphatic heterocycles. The van der Waals surface area contributed by atoms with Crippen LogP contribution in [0.25, 0.3) is 11.3 Å². The number of methoxy groups -OCH3 is 2. The summed E-state index contributed by atoms with van der Waals surface area (Å²) in [6.45, 7) is 0. The third kappa shape index (κ3) is 3.26. The molecule has 1 heterocycles. The molecule has 0 saturated carbocycles. The van der Waals surface area contributed by atoms with Crippen molar-refractivity contribution in [3.63, 3.8) is 0 Å². The van der Waals surface area contributed by atoms with Gasteiger partial charge in [0.1, 0.15) is 17.2 Å². The van der Waals surface area contributed by atoms with Crippen LogP contribution in [-0.4, -0.2) is 30.3 Å². The van der Waals surface area contributed by atoms with Gasteiger partial charge in [-0.1, -0.05) is 24.3 Å². The zero-order valence-corrected chi connectivity index (χ0v) is 15.3.